The van der Waals surface area contributed by atoms with Crippen LogP contribution in [0.5, 0.6) is 0 Å². The van der Waals surface area contributed by atoms with Crippen molar-refractivity contribution in [1.29, 1.82) is 0 Å². The maximum absolute atomic E-state index is 5.78. The van der Waals surface area contributed by atoms with Crippen LogP contribution in [0.15, 0.2) is 29.3 Å². The Labute approximate surface area is 169 Å². The SMILES string of the molecule is CN=C(NCCCOCC1CCOCC1)NCc1cccc(C)c1.I. The Morgan fingerprint density at radius 3 is 2.80 bits per heavy atom. The highest BCUT2D eigenvalue weighted by atomic mass is 127. The van der Waals surface area contributed by atoms with Gasteiger partial charge in [-0.2, -0.15) is 0 Å². The van der Waals surface area contributed by atoms with E-state index in [9.17, 15) is 0 Å². The molecular weight excluding hydrogens is 429 g/mol. The first-order valence-electron chi connectivity index (χ1n) is 8.93. The van der Waals surface area contributed by atoms with Gasteiger partial charge in [-0.3, -0.25) is 4.99 Å². The Morgan fingerprint density at radius 2 is 2.08 bits per heavy atom. The smallest absolute Gasteiger partial charge is 0.191 e. The van der Waals surface area contributed by atoms with Crippen molar-refractivity contribution in [3.63, 3.8) is 0 Å². The first-order valence-corrected chi connectivity index (χ1v) is 8.93. The zero-order valence-corrected chi connectivity index (χ0v) is 17.8. The Kier molecular flexibility index (Phi) is 11.9. The van der Waals surface area contributed by atoms with E-state index in [1.165, 1.54) is 11.1 Å². The summed E-state index contributed by atoms with van der Waals surface area (Å²) in [7, 11) is 1.80. The Balaban J connectivity index is 0.00000312. The number of nitrogens with one attached hydrogen (secondary N) is 2. The molecule has 142 valence electrons. The second-order valence-corrected chi connectivity index (χ2v) is 6.33. The lowest BCUT2D eigenvalue weighted by atomic mass is 10.0. The number of aryl methyl sites for hydroxylation is 1. The summed E-state index contributed by atoms with van der Waals surface area (Å²) in [5, 5.41) is 6.67. The molecule has 0 unspecified atom stereocenters. The molecule has 0 atom stereocenters. The average molecular weight is 461 g/mol. The van der Waals surface area contributed by atoms with Crippen molar-refractivity contribution in [3.05, 3.63) is 35.4 Å². The Morgan fingerprint density at radius 1 is 1.28 bits per heavy atom. The summed E-state index contributed by atoms with van der Waals surface area (Å²) in [6.07, 6.45) is 3.25. The highest BCUT2D eigenvalue weighted by molar-refractivity contribution is 14.0. The fourth-order valence-electron chi connectivity index (χ4n) is 2.77. The molecule has 0 saturated carbocycles. The average Bonchev–Trinajstić information content (AvgIpc) is 2.61. The molecule has 1 saturated heterocycles. The molecule has 0 bridgehead atoms. The van der Waals surface area contributed by atoms with Crippen molar-refractivity contribution in [2.45, 2.75) is 32.7 Å². The van der Waals surface area contributed by atoms with Crippen LogP contribution in [0, 0.1) is 12.8 Å². The molecule has 5 nitrogen and oxygen atoms in total. The number of aliphatic imine (C=N–C) groups is 1. The molecule has 0 spiro atoms. The largest absolute Gasteiger partial charge is 0.381 e. The van der Waals surface area contributed by atoms with Crippen LogP contribution >= 0.6 is 24.0 Å². The Bertz CT molecular complexity index is 505. The zero-order chi connectivity index (χ0) is 17.0. The van der Waals surface area contributed by atoms with E-state index in [4.69, 9.17) is 9.47 Å². The van der Waals surface area contributed by atoms with Crippen LogP contribution in [0.3, 0.4) is 0 Å². The lowest BCUT2D eigenvalue weighted by Gasteiger charge is -2.21. The number of halogens is 1. The lowest BCUT2D eigenvalue weighted by Crippen LogP contribution is -2.37. The third-order valence-corrected chi connectivity index (χ3v) is 4.22. The van der Waals surface area contributed by atoms with Crippen molar-refractivity contribution in [2.24, 2.45) is 10.9 Å². The van der Waals surface area contributed by atoms with Crippen LogP contribution in [0.25, 0.3) is 0 Å². The summed E-state index contributed by atoms with van der Waals surface area (Å²) in [5.41, 5.74) is 2.54. The van der Waals surface area contributed by atoms with E-state index in [-0.39, 0.29) is 24.0 Å². The minimum absolute atomic E-state index is 0. The number of hydrogen-bond donors (Lipinski definition) is 2. The van der Waals surface area contributed by atoms with Gasteiger partial charge in [0.05, 0.1) is 0 Å². The molecule has 1 aliphatic heterocycles. The molecule has 6 heteroatoms. The molecule has 0 amide bonds. The number of hydrogen-bond acceptors (Lipinski definition) is 3. The summed E-state index contributed by atoms with van der Waals surface area (Å²) in [4.78, 5) is 4.26. The summed E-state index contributed by atoms with van der Waals surface area (Å²) < 4.78 is 11.1. The lowest BCUT2D eigenvalue weighted by molar-refractivity contribution is 0.0203. The molecular formula is C19H32IN3O2. The maximum Gasteiger partial charge on any atom is 0.191 e. The quantitative estimate of drug-likeness (QED) is 0.271. The third kappa shape index (κ3) is 9.42. The van der Waals surface area contributed by atoms with Gasteiger partial charge in [-0.25, -0.2) is 0 Å². The number of benzene rings is 1. The Hall–Kier alpha value is -0.860. The fraction of sp³-hybridized carbons (Fsp3) is 0.632. The molecule has 0 aliphatic carbocycles. The second kappa shape index (κ2) is 13.4. The molecule has 2 rings (SSSR count). The van der Waals surface area contributed by atoms with Crippen molar-refractivity contribution >= 4 is 29.9 Å². The van der Waals surface area contributed by atoms with E-state index in [2.05, 4.69) is 46.8 Å². The standard InChI is InChI=1S/C19H31N3O2.HI/c1-16-5-3-6-18(13-16)14-22-19(20-2)21-9-4-10-24-15-17-7-11-23-12-8-17;/h3,5-6,13,17H,4,7-12,14-15H2,1-2H3,(H2,20,21,22);1H. The minimum Gasteiger partial charge on any atom is -0.381 e. The molecule has 1 aromatic rings. The zero-order valence-electron chi connectivity index (χ0n) is 15.4. The van der Waals surface area contributed by atoms with Gasteiger partial charge in [0.25, 0.3) is 0 Å². The number of nitrogens with zero attached hydrogens (tertiary/aromatic N) is 1. The van der Waals surface area contributed by atoms with E-state index >= 15 is 0 Å². The van der Waals surface area contributed by atoms with Crippen LogP contribution in [0.4, 0.5) is 0 Å². The van der Waals surface area contributed by atoms with Gasteiger partial charge in [-0.1, -0.05) is 29.8 Å². The highest BCUT2D eigenvalue weighted by Gasteiger charge is 2.13. The van der Waals surface area contributed by atoms with E-state index < -0.39 is 0 Å². The molecule has 1 heterocycles. The minimum atomic E-state index is 0. The molecule has 0 aromatic heterocycles. The van der Waals surface area contributed by atoms with Gasteiger partial charge in [0.1, 0.15) is 0 Å². The van der Waals surface area contributed by atoms with Crippen molar-refractivity contribution in [2.75, 3.05) is 40.0 Å². The fourth-order valence-corrected chi connectivity index (χ4v) is 2.77. The van der Waals surface area contributed by atoms with Crippen LogP contribution in [0.2, 0.25) is 0 Å². The second-order valence-electron chi connectivity index (χ2n) is 6.33. The summed E-state index contributed by atoms with van der Waals surface area (Å²) in [6.45, 7) is 7.18. The molecule has 1 fully saturated rings. The molecule has 0 radical (unpaired) electrons. The van der Waals surface area contributed by atoms with E-state index in [0.717, 1.165) is 64.7 Å². The predicted octanol–water partition coefficient (Wildman–Crippen LogP) is 3.11. The topological polar surface area (TPSA) is 54.9 Å². The molecule has 1 aliphatic rings. The maximum atomic E-state index is 5.78. The van der Waals surface area contributed by atoms with E-state index in [1.807, 2.05) is 0 Å². The number of guanidine groups is 1. The summed E-state index contributed by atoms with van der Waals surface area (Å²) in [6, 6.07) is 8.50. The van der Waals surface area contributed by atoms with Crippen LogP contribution in [-0.4, -0.2) is 46.0 Å². The van der Waals surface area contributed by atoms with Crippen LogP contribution in [0.1, 0.15) is 30.4 Å². The van der Waals surface area contributed by atoms with Gasteiger partial charge in [0, 0.05) is 46.6 Å². The normalized spacial score (nSPS) is 15.5. The van der Waals surface area contributed by atoms with Crippen molar-refractivity contribution in [3.8, 4) is 0 Å². The molecule has 1 aromatic carbocycles. The van der Waals surface area contributed by atoms with E-state index in [1.54, 1.807) is 7.05 Å². The monoisotopic (exact) mass is 461 g/mol. The van der Waals surface area contributed by atoms with E-state index in [0.29, 0.717) is 5.92 Å². The summed E-state index contributed by atoms with van der Waals surface area (Å²) >= 11 is 0. The molecule has 25 heavy (non-hydrogen) atoms. The van der Waals surface area contributed by atoms with Crippen molar-refractivity contribution in [1.82, 2.24) is 10.6 Å². The van der Waals surface area contributed by atoms with Gasteiger partial charge in [-0.05, 0) is 37.7 Å². The first kappa shape index (κ1) is 22.2. The molecule has 2 N–H and O–H groups in total. The van der Waals surface area contributed by atoms with Gasteiger partial charge >= 0.3 is 0 Å². The summed E-state index contributed by atoms with van der Waals surface area (Å²) in [5.74, 6) is 1.51. The van der Waals surface area contributed by atoms with Gasteiger partial charge in [-0.15, -0.1) is 24.0 Å². The predicted molar refractivity (Wildman–Crippen MR) is 114 cm³/mol. The van der Waals surface area contributed by atoms with Gasteiger partial charge < -0.3 is 20.1 Å². The van der Waals surface area contributed by atoms with Crippen LogP contribution in [-0.2, 0) is 16.0 Å². The van der Waals surface area contributed by atoms with Gasteiger partial charge in [0.15, 0.2) is 5.96 Å². The number of ether oxygens (including phenoxy) is 2. The highest BCUT2D eigenvalue weighted by Crippen LogP contribution is 2.14. The van der Waals surface area contributed by atoms with Gasteiger partial charge in [0.2, 0.25) is 0 Å². The van der Waals surface area contributed by atoms with Crippen molar-refractivity contribution < 1.29 is 9.47 Å². The third-order valence-electron chi connectivity index (χ3n) is 4.22. The first-order chi connectivity index (χ1) is 11.8. The van der Waals surface area contributed by atoms with Crippen LogP contribution < -0.4 is 10.6 Å². The number of rotatable bonds is 8.